The number of benzene rings is 1. The number of ether oxygens (including phenoxy) is 1. The first-order valence-electron chi connectivity index (χ1n) is 4.33. The molecule has 1 aromatic rings. The lowest BCUT2D eigenvalue weighted by Crippen LogP contribution is -2.10. The van der Waals surface area contributed by atoms with Gasteiger partial charge in [0.05, 0.1) is 5.92 Å². The van der Waals surface area contributed by atoms with Crippen LogP contribution in [-0.2, 0) is 4.79 Å². The fraction of sp³-hybridized carbons (Fsp3) is 0.300. The lowest BCUT2D eigenvalue weighted by atomic mass is 10.3. The van der Waals surface area contributed by atoms with E-state index >= 15 is 0 Å². The molecule has 1 aliphatic rings. The van der Waals surface area contributed by atoms with E-state index in [0.29, 0.717) is 0 Å². The van der Waals surface area contributed by atoms with Gasteiger partial charge in [0.25, 0.3) is 0 Å². The first kappa shape index (κ1) is 9.46. The largest absolute Gasteiger partial charge is 0.423 e. The van der Waals surface area contributed by atoms with Crippen LogP contribution in [0.5, 0.6) is 5.75 Å². The minimum atomic E-state index is -0.605. The molecule has 1 saturated carbocycles. The van der Waals surface area contributed by atoms with E-state index in [0.717, 1.165) is 18.9 Å². The number of esters is 1. The summed E-state index contributed by atoms with van der Waals surface area (Å²) < 4.78 is 18.0. The number of carbonyl (C=O) groups excluding carboxylic acids is 1. The van der Waals surface area contributed by atoms with Gasteiger partial charge in [-0.2, -0.15) is 0 Å². The van der Waals surface area contributed by atoms with Crippen molar-refractivity contribution in [2.45, 2.75) is 12.8 Å². The third-order valence-electron chi connectivity index (χ3n) is 2.02. The van der Waals surface area contributed by atoms with Crippen LogP contribution in [0.1, 0.15) is 12.8 Å². The van der Waals surface area contributed by atoms with Crippen molar-refractivity contribution in [2.24, 2.45) is 5.92 Å². The molecule has 2 rings (SSSR count). The first-order valence-corrected chi connectivity index (χ1v) is 4.71. The molecule has 0 N–H and O–H groups in total. The number of carbonyl (C=O) groups is 1. The maximum atomic E-state index is 13.1. The molecule has 0 bridgehead atoms. The molecule has 0 saturated heterocycles. The normalized spacial score (nSPS) is 15.3. The molecule has 1 aliphatic carbocycles. The van der Waals surface area contributed by atoms with Gasteiger partial charge < -0.3 is 4.74 Å². The molecule has 0 amide bonds. The molecule has 14 heavy (non-hydrogen) atoms. The monoisotopic (exact) mass is 214 g/mol. The Morgan fingerprint density at radius 2 is 2.21 bits per heavy atom. The van der Waals surface area contributed by atoms with Crippen LogP contribution >= 0.6 is 11.6 Å². The second-order valence-corrected chi connectivity index (χ2v) is 3.71. The highest BCUT2D eigenvalue weighted by atomic mass is 35.5. The highest BCUT2D eigenvalue weighted by molar-refractivity contribution is 6.30. The lowest BCUT2D eigenvalue weighted by Gasteiger charge is -2.04. The Kier molecular flexibility index (Phi) is 2.42. The van der Waals surface area contributed by atoms with Crippen molar-refractivity contribution < 1.29 is 13.9 Å². The standard InChI is InChI=1S/C10H8ClFO2/c11-7-3-4-9(8(12)5-7)14-10(13)6-1-2-6/h3-6H,1-2H2. The average molecular weight is 215 g/mol. The highest BCUT2D eigenvalue weighted by Gasteiger charge is 2.32. The fourth-order valence-corrected chi connectivity index (χ4v) is 1.23. The van der Waals surface area contributed by atoms with Gasteiger partial charge >= 0.3 is 5.97 Å². The highest BCUT2D eigenvalue weighted by Crippen LogP contribution is 2.31. The van der Waals surface area contributed by atoms with Gasteiger partial charge in [-0.1, -0.05) is 11.6 Å². The van der Waals surface area contributed by atoms with Crippen molar-refractivity contribution in [3.05, 3.63) is 29.0 Å². The molecule has 0 spiro atoms. The van der Waals surface area contributed by atoms with Crippen LogP contribution in [0, 0.1) is 11.7 Å². The van der Waals surface area contributed by atoms with E-state index < -0.39 is 5.82 Å². The zero-order chi connectivity index (χ0) is 10.1. The van der Waals surface area contributed by atoms with Crippen LogP contribution in [0.15, 0.2) is 18.2 Å². The summed E-state index contributed by atoms with van der Waals surface area (Å²) in [6.45, 7) is 0. The van der Waals surface area contributed by atoms with Crippen molar-refractivity contribution in [1.82, 2.24) is 0 Å². The van der Waals surface area contributed by atoms with Crippen LogP contribution in [0.3, 0.4) is 0 Å². The van der Waals surface area contributed by atoms with Crippen LogP contribution < -0.4 is 4.74 Å². The van der Waals surface area contributed by atoms with E-state index in [-0.39, 0.29) is 22.7 Å². The SMILES string of the molecule is O=C(Oc1ccc(Cl)cc1F)C1CC1. The Labute approximate surface area is 85.6 Å². The van der Waals surface area contributed by atoms with Gasteiger partial charge in [-0.25, -0.2) is 4.39 Å². The molecule has 1 fully saturated rings. The maximum Gasteiger partial charge on any atom is 0.314 e. The first-order chi connectivity index (χ1) is 6.66. The van der Waals surface area contributed by atoms with Gasteiger partial charge in [0, 0.05) is 5.02 Å². The van der Waals surface area contributed by atoms with Gasteiger partial charge in [-0.3, -0.25) is 4.79 Å². The minimum absolute atomic E-state index is 0.0370. The molecule has 4 heteroatoms. The van der Waals surface area contributed by atoms with Crippen LogP contribution in [-0.4, -0.2) is 5.97 Å². The maximum absolute atomic E-state index is 13.1. The zero-order valence-electron chi connectivity index (χ0n) is 7.30. The Hall–Kier alpha value is -1.09. The van der Waals surface area contributed by atoms with E-state index in [1.807, 2.05) is 0 Å². The molecule has 0 aromatic heterocycles. The number of rotatable bonds is 2. The second-order valence-electron chi connectivity index (χ2n) is 3.27. The Bertz CT molecular complexity index is 374. The van der Waals surface area contributed by atoms with Crippen LogP contribution in [0.4, 0.5) is 4.39 Å². The molecular weight excluding hydrogens is 207 g/mol. The summed E-state index contributed by atoms with van der Waals surface area (Å²) in [5, 5.41) is 0.286. The predicted octanol–water partition coefficient (Wildman–Crippen LogP) is 2.79. The topological polar surface area (TPSA) is 26.3 Å². The van der Waals surface area contributed by atoms with E-state index in [4.69, 9.17) is 16.3 Å². The van der Waals surface area contributed by atoms with Gasteiger partial charge in [0.2, 0.25) is 0 Å². The molecule has 0 unspecified atom stereocenters. The van der Waals surface area contributed by atoms with Gasteiger partial charge in [0.1, 0.15) is 0 Å². The summed E-state index contributed by atoms with van der Waals surface area (Å²) in [5.74, 6) is -1.05. The summed E-state index contributed by atoms with van der Waals surface area (Å²) in [6, 6.07) is 3.97. The molecule has 0 heterocycles. The van der Waals surface area contributed by atoms with Gasteiger partial charge in [-0.05, 0) is 31.0 Å². The minimum Gasteiger partial charge on any atom is -0.423 e. The van der Waals surface area contributed by atoms with Crippen LogP contribution in [0.25, 0.3) is 0 Å². The average Bonchev–Trinajstić information content (AvgIpc) is 2.92. The molecule has 0 aliphatic heterocycles. The van der Waals surface area contributed by atoms with Gasteiger partial charge in [-0.15, -0.1) is 0 Å². The predicted molar refractivity (Wildman–Crippen MR) is 49.8 cm³/mol. The van der Waals surface area contributed by atoms with Crippen LogP contribution in [0.2, 0.25) is 5.02 Å². The molecule has 0 radical (unpaired) electrons. The number of hydrogen-bond donors (Lipinski definition) is 0. The van der Waals surface area contributed by atoms with E-state index in [9.17, 15) is 9.18 Å². The Morgan fingerprint density at radius 1 is 1.50 bits per heavy atom. The van der Waals surface area contributed by atoms with E-state index in [1.54, 1.807) is 0 Å². The molecule has 2 nitrogen and oxygen atoms in total. The van der Waals surface area contributed by atoms with E-state index in [2.05, 4.69) is 0 Å². The van der Waals surface area contributed by atoms with Crippen molar-refractivity contribution in [2.75, 3.05) is 0 Å². The van der Waals surface area contributed by atoms with Crippen molar-refractivity contribution in [3.63, 3.8) is 0 Å². The molecular formula is C10H8ClFO2. The summed E-state index contributed by atoms with van der Waals surface area (Å²) in [7, 11) is 0. The van der Waals surface area contributed by atoms with Crippen molar-refractivity contribution in [3.8, 4) is 5.75 Å². The summed E-state index contributed by atoms with van der Waals surface area (Å²) in [4.78, 5) is 11.2. The quantitative estimate of drug-likeness (QED) is 0.559. The van der Waals surface area contributed by atoms with E-state index in [1.165, 1.54) is 12.1 Å². The smallest absolute Gasteiger partial charge is 0.314 e. The zero-order valence-corrected chi connectivity index (χ0v) is 8.05. The number of halogens is 2. The Balaban J connectivity index is 2.11. The summed E-state index contributed by atoms with van der Waals surface area (Å²) in [6.07, 6.45) is 1.68. The Morgan fingerprint density at radius 3 is 2.79 bits per heavy atom. The molecule has 1 aromatic carbocycles. The summed E-state index contributed by atoms with van der Waals surface area (Å²) in [5.41, 5.74) is 0. The van der Waals surface area contributed by atoms with Crippen molar-refractivity contribution >= 4 is 17.6 Å². The molecule has 74 valence electrons. The third-order valence-corrected chi connectivity index (χ3v) is 2.25. The number of hydrogen-bond acceptors (Lipinski definition) is 2. The van der Waals surface area contributed by atoms with Gasteiger partial charge in [0.15, 0.2) is 11.6 Å². The second kappa shape index (κ2) is 3.58. The summed E-state index contributed by atoms with van der Waals surface area (Å²) >= 11 is 5.55. The van der Waals surface area contributed by atoms with Crippen molar-refractivity contribution in [1.29, 1.82) is 0 Å². The fourth-order valence-electron chi connectivity index (χ4n) is 1.07. The third kappa shape index (κ3) is 2.04. The molecule has 0 atom stereocenters. The lowest BCUT2D eigenvalue weighted by molar-refractivity contribution is -0.136.